The normalized spacial score (nSPS) is 23.3. The third-order valence-corrected chi connectivity index (χ3v) is 3.20. The number of rotatable bonds is 2. The maximum absolute atomic E-state index is 11.8. The van der Waals surface area contributed by atoms with Crippen molar-refractivity contribution in [3.05, 3.63) is 40.7 Å². The number of anilines is 1. The van der Waals surface area contributed by atoms with Crippen LogP contribution in [0.2, 0.25) is 0 Å². The van der Waals surface area contributed by atoms with E-state index in [9.17, 15) is 4.79 Å². The predicted octanol–water partition coefficient (Wildman–Crippen LogP) is 2.35. The molecule has 1 heterocycles. The van der Waals surface area contributed by atoms with E-state index in [1.54, 1.807) is 0 Å². The highest BCUT2D eigenvalue weighted by atomic mass is 16.1. The fraction of sp³-hybridized carbons (Fsp3) is 0.308. The van der Waals surface area contributed by atoms with Gasteiger partial charge in [0.1, 0.15) is 5.82 Å². The van der Waals surface area contributed by atoms with Gasteiger partial charge in [0.15, 0.2) is 0 Å². The molecule has 2 atom stereocenters. The van der Waals surface area contributed by atoms with E-state index in [-0.39, 0.29) is 5.56 Å². The minimum absolute atomic E-state index is 0.0195. The van der Waals surface area contributed by atoms with Gasteiger partial charge in [0, 0.05) is 11.4 Å². The van der Waals surface area contributed by atoms with Gasteiger partial charge in [-0.05, 0) is 29.9 Å². The third-order valence-electron chi connectivity index (χ3n) is 3.20. The van der Waals surface area contributed by atoms with E-state index in [0.29, 0.717) is 6.04 Å². The number of pyridine rings is 1. The zero-order chi connectivity index (χ0) is 11.1. The van der Waals surface area contributed by atoms with Crippen LogP contribution in [-0.4, -0.2) is 11.0 Å². The number of aromatic nitrogens is 1. The summed E-state index contributed by atoms with van der Waals surface area (Å²) in [4.78, 5) is 14.7. The molecule has 2 unspecified atom stereocenters. The molecule has 0 aliphatic heterocycles. The van der Waals surface area contributed by atoms with E-state index in [1.807, 2.05) is 30.3 Å². The van der Waals surface area contributed by atoms with Gasteiger partial charge in [0.05, 0.1) is 0 Å². The molecule has 1 aromatic heterocycles. The lowest BCUT2D eigenvalue weighted by Gasteiger charge is -2.06. The third kappa shape index (κ3) is 1.58. The summed E-state index contributed by atoms with van der Waals surface area (Å²) in [6.07, 6.45) is 1.19. The van der Waals surface area contributed by atoms with Gasteiger partial charge in [-0.25, -0.2) is 0 Å². The van der Waals surface area contributed by atoms with Gasteiger partial charge in [0.2, 0.25) is 0 Å². The quantitative estimate of drug-likeness (QED) is 0.806. The lowest BCUT2D eigenvalue weighted by atomic mass is 10.2. The molecule has 1 aliphatic rings. The summed E-state index contributed by atoms with van der Waals surface area (Å²) in [6, 6.07) is 10.2. The molecule has 2 N–H and O–H groups in total. The predicted molar refractivity (Wildman–Crippen MR) is 65.8 cm³/mol. The van der Waals surface area contributed by atoms with Crippen LogP contribution < -0.4 is 10.9 Å². The topological polar surface area (TPSA) is 44.9 Å². The fourth-order valence-electron chi connectivity index (χ4n) is 2.01. The van der Waals surface area contributed by atoms with Crippen LogP contribution in [0.1, 0.15) is 13.3 Å². The summed E-state index contributed by atoms with van der Waals surface area (Å²) in [5.74, 6) is 1.55. The van der Waals surface area contributed by atoms with E-state index in [0.717, 1.165) is 22.5 Å². The molecule has 3 nitrogen and oxygen atoms in total. The minimum Gasteiger partial charge on any atom is -0.369 e. The van der Waals surface area contributed by atoms with Crippen molar-refractivity contribution in [2.75, 3.05) is 5.32 Å². The van der Waals surface area contributed by atoms with Crippen molar-refractivity contribution in [1.82, 2.24) is 4.98 Å². The van der Waals surface area contributed by atoms with E-state index >= 15 is 0 Å². The van der Waals surface area contributed by atoms with Gasteiger partial charge < -0.3 is 10.3 Å². The van der Waals surface area contributed by atoms with Gasteiger partial charge in [0.25, 0.3) is 5.56 Å². The van der Waals surface area contributed by atoms with Crippen molar-refractivity contribution >= 4 is 16.6 Å². The van der Waals surface area contributed by atoms with E-state index in [2.05, 4.69) is 17.2 Å². The van der Waals surface area contributed by atoms with E-state index < -0.39 is 0 Å². The van der Waals surface area contributed by atoms with Crippen molar-refractivity contribution in [2.24, 2.45) is 5.92 Å². The summed E-state index contributed by atoms with van der Waals surface area (Å²) >= 11 is 0. The van der Waals surface area contributed by atoms with Crippen molar-refractivity contribution < 1.29 is 0 Å². The highest BCUT2D eigenvalue weighted by Gasteiger charge is 2.32. The maximum atomic E-state index is 11.8. The Labute approximate surface area is 93.5 Å². The smallest absolute Gasteiger partial charge is 0.257 e. The molecule has 1 aliphatic carbocycles. The number of benzene rings is 1. The Morgan fingerprint density at radius 3 is 2.88 bits per heavy atom. The first kappa shape index (κ1) is 9.46. The first-order valence-corrected chi connectivity index (χ1v) is 5.62. The molecular formula is C13H14N2O. The molecule has 3 heteroatoms. The molecule has 3 rings (SSSR count). The Bertz CT molecular complexity index is 588. The number of hydrogen-bond acceptors (Lipinski definition) is 2. The van der Waals surface area contributed by atoms with Gasteiger partial charge in [-0.3, -0.25) is 4.79 Å². The Hall–Kier alpha value is -1.77. The summed E-state index contributed by atoms with van der Waals surface area (Å²) in [6.45, 7) is 2.21. The van der Waals surface area contributed by atoms with Crippen LogP contribution in [0.4, 0.5) is 5.82 Å². The lowest BCUT2D eigenvalue weighted by Crippen LogP contribution is -2.12. The molecule has 0 saturated heterocycles. The van der Waals surface area contributed by atoms with Crippen LogP contribution in [0.3, 0.4) is 0 Å². The Balaban J connectivity index is 2.03. The lowest BCUT2D eigenvalue weighted by molar-refractivity contribution is 0.923. The zero-order valence-electron chi connectivity index (χ0n) is 9.16. The maximum Gasteiger partial charge on any atom is 0.257 e. The average Bonchev–Trinajstić information content (AvgIpc) is 2.94. The molecule has 82 valence electrons. The summed E-state index contributed by atoms with van der Waals surface area (Å²) in [7, 11) is 0. The number of H-pyrrole nitrogens is 1. The van der Waals surface area contributed by atoms with Crippen molar-refractivity contribution in [1.29, 1.82) is 0 Å². The fourth-order valence-corrected chi connectivity index (χ4v) is 2.01. The van der Waals surface area contributed by atoms with Crippen molar-refractivity contribution in [3.8, 4) is 0 Å². The van der Waals surface area contributed by atoms with Gasteiger partial charge in [-0.15, -0.1) is 0 Å². The Morgan fingerprint density at radius 2 is 2.12 bits per heavy atom. The van der Waals surface area contributed by atoms with Crippen LogP contribution in [-0.2, 0) is 0 Å². The Kier molecular flexibility index (Phi) is 1.99. The molecule has 1 fully saturated rings. The standard InChI is InChI=1S/C13H14N2O/c1-8-6-11(8)14-12-7-9-4-2-3-5-10(9)13(16)15-12/h2-5,7-8,11H,6H2,1H3,(H2,14,15,16). The zero-order valence-corrected chi connectivity index (χ0v) is 9.16. The van der Waals surface area contributed by atoms with Gasteiger partial charge in [-0.1, -0.05) is 25.1 Å². The highest BCUT2D eigenvalue weighted by molar-refractivity contribution is 5.83. The molecule has 1 aromatic carbocycles. The van der Waals surface area contributed by atoms with Crippen molar-refractivity contribution in [2.45, 2.75) is 19.4 Å². The molecule has 16 heavy (non-hydrogen) atoms. The second-order valence-electron chi connectivity index (χ2n) is 4.56. The average molecular weight is 214 g/mol. The van der Waals surface area contributed by atoms with Gasteiger partial charge in [-0.2, -0.15) is 0 Å². The number of aromatic amines is 1. The van der Waals surface area contributed by atoms with Gasteiger partial charge >= 0.3 is 0 Å². The second kappa shape index (κ2) is 3.37. The van der Waals surface area contributed by atoms with Crippen LogP contribution in [0, 0.1) is 5.92 Å². The molecule has 0 radical (unpaired) electrons. The summed E-state index contributed by atoms with van der Waals surface area (Å²) < 4.78 is 0. The molecule has 1 saturated carbocycles. The van der Waals surface area contributed by atoms with E-state index in [4.69, 9.17) is 0 Å². The SMILES string of the molecule is CC1CC1Nc1cc2ccccc2c(=O)[nH]1. The van der Waals surface area contributed by atoms with Crippen LogP contribution in [0.25, 0.3) is 10.8 Å². The minimum atomic E-state index is -0.0195. The van der Waals surface area contributed by atoms with Crippen LogP contribution >= 0.6 is 0 Å². The second-order valence-corrected chi connectivity index (χ2v) is 4.56. The molecule has 0 spiro atoms. The van der Waals surface area contributed by atoms with E-state index in [1.165, 1.54) is 6.42 Å². The molecule has 0 amide bonds. The van der Waals surface area contributed by atoms with Crippen molar-refractivity contribution in [3.63, 3.8) is 0 Å². The Morgan fingerprint density at radius 1 is 1.38 bits per heavy atom. The largest absolute Gasteiger partial charge is 0.369 e. The summed E-state index contributed by atoms with van der Waals surface area (Å²) in [5, 5.41) is 5.08. The molecular weight excluding hydrogens is 200 g/mol. The summed E-state index contributed by atoms with van der Waals surface area (Å²) in [5.41, 5.74) is -0.0195. The highest BCUT2D eigenvalue weighted by Crippen LogP contribution is 2.32. The van der Waals surface area contributed by atoms with Crippen LogP contribution in [0.5, 0.6) is 0 Å². The number of nitrogens with one attached hydrogen (secondary N) is 2. The first-order valence-electron chi connectivity index (χ1n) is 5.62. The monoisotopic (exact) mass is 214 g/mol. The molecule has 2 aromatic rings. The molecule has 0 bridgehead atoms. The van der Waals surface area contributed by atoms with Crippen LogP contribution in [0.15, 0.2) is 35.1 Å². The first-order chi connectivity index (χ1) is 7.74. The number of fused-ring (bicyclic) bond motifs is 1. The number of hydrogen-bond donors (Lipinski definition) is 2.